The number of rotatable bonds is 2. The lowest BCUT2D eigenvalue weighted by Crippen LogP contribution is -2.02. The first kappa shape index (κ1) is 12.1. The van der Waals surface area contributed by atoms with E-state index in [9.17, 15) is 4.39 Å². The fourth-order valence-electron chi connectivity index (χ4n) is 1.19. The molecule has 0 saturated carbocycles. The van der Waals surface area contributed by atoms with E-state index in [1.807, 2.05) is 0 Å². The molecule has 0 atom stereocenters. The summed E-state index contributed by atoms with van der Waals surface area (Å²) in [4.78, 5) is 7.58. The van der Waals surface area contributed by atoms with E-state index in [1.165, 1.54) is 12.3 Å². The van der Waals surface area contributed by atoms with Crippen molar-refractivity contribution in [2.24, 2.45) is 0 Å². The topological polar surface area (TPSA) is 63.8 Å². The van der Waals surface area contributed by atoms with Crippen LogP contribution < -0.4 is 11.1 Å². The highest BCUT2D eigenvalue weighted by atomic mass is 79.9. The third kappa shape index (κ3) is 2.83. The van der Waals surface area contributed by atoms with Crippen LogP contribution in [0.15, 0.2) is 28.9 Å². The van der Waals surface area contributed by atoms with E-state index in [1.54, 1.807) is 12.1 Å². The van der Waals surface area contributed by atoms with E-state index in [0.717, 1.165) is 4.47 Å². The van der Waals surface area contributed by atoms with Crippen LogP contribution in [0.3, 0.4) is 0 Å². The molecule has 0 aliphatic rings. The molecule has 0 aliphatic heterocycles. The van der Waals surface area contributed by atoms with Crippen molar-refractivity contribution in [2.75, 3.05) is 11.1 Å². The van der Waals surface area contributed by atoms with E-state index < -0.39 is 5.82 Å². The second-order valence-electron chi connectivity index (χ2n) is 3.19. The molecule has 1 aromatic heterocycles. The summed E-state index contributed by atoms with van der Waals surface area (Å²) in [7, 11) is 0. The van der Waals surface area contributed by atoms with Crippen LogP contribution in [0.5, 0.6) is 0 Å². The van der Waals surface area contributed by atoms with E-state index in [4.69, 9.17) is 17.3 Å². The summed E-state index contributed by atoms with van der Waals surface area (Å²) < 4.78 is 14.2. The lowest BCUT2D eigenvalue weighted by molar-refractivity contribution is 0.631. The van der Waals surface area contributed by atoms with Gasteiger partial charge in [0.2, 0.25) is 5.28 Å². The van der Waals surface area contributed by atoms with Crippen LogP contribution in [0.4, 0.5) is 21.6 Å². The molecule has 0 bridgehead atoms. The van der Waals surface area contributed by atoms with Crippen molar-refractivity contribution in [3.63, 3.8) is 0 Å². The minimum absolute atomic E-state index is 0.0390. The van der Waals surface area contributed by atoms with Gasteiger partial charge in [-0.1, -0.05) is 15.9 Å². The minimum Gasteiger partial charge on any atom is -0.394 e. The molecule has 7 heteroatoms. The number of nitrogen functional groups attached to an aromatic ring is 1. The Balaban J connectivity index is 2.37. The van der Waals surface area contributed by atoms with Crippen LogP contribution in [0.2, 0.25) is 5.28 Å². The average molecular weight is 318 g/mol. The first-order valence-electron chi connectivity index (χ1n) is 4.56. The number of hydrogen-bond acceptors (Lipinski definition) is 4. The minimum atomic E-state index is -0.415. The maximum Gasteiger partial charge on any atom is 0.224 e. The number of nitrogens with two attached hydrogens (primary N) is 1. The van der Waals surface area contributed by atoms with E-state index in [-0.39, 0.29) is 22.5 Å². The third-order valence-electron chi connectivity index (χ3n) is 1.97. The molecule has 3 N–H and O–H groups in total. The first-order valence-corrected chi connectivity index (χ1v) is 5.73. The molecule has 0 radical (unpaired) electrons. The van der Waals surface area contributed by atoms with Crippen molar-refractivity contribution < 1.29 is 4.39 Å². The molecule has 0 saturated heterocycles. The van der Waals surface area contributed by atoms with Gasteiger partial charge in [-0.2, -0.15) is 4.98 Å². The Labute approximate surface area is 110 Å². The van der Waals surface area contributed by atoms with Crippen LogP contribution in [-0.2, 0) is 0 Å². The Morgan fingerprint density at radius 3 is 2.94 bits per heavy atom. The van der Waals surface area contributed by atoms with Gasteiger partial charge in [0.1, 0.15) is 5.82 Å². The van der Waals surface area contributed by atoms with Gasteiger partial charge in [-0.05, 0) is 29.8 Å². The summed E-state index contributed by atoms with van der Waals surface area (Å²) in [6, 6.07) is 4.49. The van der Waals surface area contributed by atoms with Crippen molar-refractivity contribution in [1.29, 1.82) is 0 Å². The second-order valence-corrected chi connectivity index (χ2v) is 4.45. The van der Waals surface area contributed by atoms with E-state index >= 15 is 0 Å². The molecule has 17 heavy (non-hydrogen) atoms. The number of benzene rings is 1. The van der Waals surface area contributed by atoms with Crippen LogP contribution in [-0.4, -0.2) is 9.97 Å². The van der Waals surface area contributed by atoms with Gasteiger partial charge in [0.05, 0.1) is 17.6 Å². The molecular weight excluding hydrogens is 310 g/mol. The summed E-state index contributed by atoms with van der Waals surface area (Å²) in [5.41, 5.74) is 6.18. The van der Waals surface area contributed by atoms with Gasteiger partial charge in [0.15, 0.2) is 5.82 Å². The van der Waals surface area contributed by atoms with E-state index in [0.29, 0.717) is 0 Å². The monoisotopic (exact) mass is 316 g/mol. The summed E-state index contributed by atoms with van der Waals surface area (Å²) in [5.74, 6) is -0.149. The zero-order valence-corrected chi connectivity index (χ0v) is 10.8. The predicted octanol–water partition coefficient (Wildman–Crippen LogP) is 3.36. The van der Waals surface area contributed by atoms with Crippen LogP contribution >= 0.6 is 27.5 Å². The van der Waals surface area contributed by atoms with Gasteiger partial charge in [-0.25, -0.2) is 9.37 Å². The standard InChI is InChI=1S/C10H7BrClFN4/c11-5-1-2-6(13)8(3-5)16-9-7(14)4-15-10(12)17-9/h1-4H,14H2,(H,15,16,17). The van der Waals surface area contributed by atoms with Gasteiger partial charge in [0.25, 0.3) is 0 Å². The molecule has 0 fully saturated rings. The number of halogens is 3. The van der Waals surface area contributed by atoms with Crippen molar-refractivity contribution in [3.8, 4) is 0 Å². The molecule has 1 heterocycles. The summed E-state index contributed by atoms with van der Waals surface area (Å²) in [6.07, 6.45) is 1.35. The van der Waals surface area contributed by atoms with Crippen molar-refractivity contribution in [2.45, 2.75) is 0 Å². The average Bonchev–Trinajstić information content (AvgIpc) is 2.28. The zero-order valence-electron chi connectivity index (χ0n) is 8.42. The number of hydrogen-bond donors (Lipinski definition) is 2. The van der Waals surface area contributed by atoms with Crippen LogP contribution in [0.25, 0.3) is 0 Å². The SMILES string of the molecule is Nc1cnc(Cl)nc1Nc1cc(Br)ccc1F. The Kier molecular flexibility index (Phi) is 3.44. The molecule has 88 valence electrons. The summed E-state index contributed by atoms with van der Waals surface area (Å²) >= 11 is 8.88. The number of nitrogens with zero attached hydrogens (tertiary/aromatic N) is 2. The lowest BCUT2D eigenvalue weighted by atomic mass is 10.3. The predicted molar refractivity (Wildman–Crippen MR) is 68.8 cm³/mol. The van der Waals surface area contributed by atoms with Gasteiger partial charge < -0.3 is 11.1 Å². The van der Waals surface area contributed by atoms with E-state index in [2.05, 4.69) is 31.2 Å². The molecule has 0 aliphatic carbocycles. The van der Waals surface area contributed by atoms with Crippen molar-refractivity contribution in [3.05, 3.63) is 40.0 Å². The van der Waals surface area contributed by atoms with Gasteiger partial charge in [0, 0.05) is 4.47 Å². The number of anilines is 3. The molecule has 0 spiro atoms. The molecular formula is C10H7BrClFN4. The highest BCUT2D eigenvalue weighted by Crippen LogP contribution is 2.25. The Hall–Kier alpha value is -1.40. The molecule has 2 rings (SSSR count). The van der Waals surface area contributed by atoms with Crippen LogP contribution in [0, 0.1) is 5.82 Å². The highest BCUT2D eigenvalue weighted by Gasteiger charge is 2.07. The molecule has 4 nitrogen and oxygen atoms in total. The fourth-order valence-corrected chi connectivity index (χ4v) is 1.68. The molecule has 2 aromatic rings. The lowest BCUT2D eigenvalue weighted by Gasteiger charge is -2.09. The zero-order chi connectivity index (χ0) is 12.4. The third-order valence-corrected chi connectivity index (χ3v) is 2.64. The highest BCUT2D eigenvalue weighted by molar-refractivity contribution is 9.10. The Morgan fingerprint density at radius 1 is 1.41 bits per heavy atom. The molecule has 1 aromatic carbocycles. The van der Waals surface area contributed by atoms with Crippen LogP contribution in [0.1, 0.15) is 0 Å². The van der Waals surface area contributed by atoms with Crippen molar-refractivity contribution >= 4 is 44.7 Å². The Morgan fingerprint density at radius 2 is 2.18 bits per heavy atom. The Bertz CT molecular complexity index is 514. The summed E-state index contributed by atoms with van der Waals surface area (Å²) in [6.45, 7) is 0. The first-order chi connectivity index (χ1) is 8.06. The number of aromatic nitrogens is 2. The van der Waals surface area contributed by atoms with Gasteiger partial charge >= 0.3 is 0 Å². The summed E-state index contributed by atoms with van der Waals surface area (Å²) in [5, 5.41) is 2.80. The maximum atomic E-state index is 13.5. The largest absolute Gasteiger partial charge is 0.394 e. The van der Waals surface area contributed by atoms with Crippen molar-refractivity contribution in [1.82, 2.24) is 9.97 Å². The van der Waals surface area contributed by atoms with Gasteiger partial charge in [-0.3, -0.25) is 0 Å². The second kappa shape index (κ2) is 4.85. The smallest absolute Gasteiger partial charge is 0.224 e. The van der Waals surface area contributed by atoms with Gasteiger partial charge in [-0.15, -0.1) is 0 Å². The fraction of sp³-hybridized carbons (Fsp3) is 0. The molecule has 0 unspecified atom stereocenters. The molecule has 0 amide bonds. The maximum absolute atomic E-state index is 13.5. The quantitative estimate of drug-likeness (QED) is 0.834. The normalized spacial score (nSPS) is 10.3. The number of nitrogens with one attached hydrogen (secondary N) is 1.